The van der Waals surface area contributed by atoms with Crippen molar-refractivity contribution in [2.75, 3.05) is 94.1 Å². The smallest absolute Gasteiger partial charge is 0.254 e. The van der Waals surface area contributed by atoms with Crippen molar-refractivity contribution in [3.8, 4) is 0 Å². The highest BCUT2D eigenvalue weighted by Crippen LogP contribution is 2.30. The molecule has 384 valence electrons. The second kappa shape index (κ2) is 27.1. The SMILES string of the molecule is COCCN(CCOC)C(=O)c1cc2c(cc1C(=O)NCCc1ccc(F)cc1)CN(C(=O)C/C=C/CC(=O)N1Cc3cc(C(=O)NCCc4ccc(F)cc4)c(C(=O)N(CCOC)CCOC)cc3C1)C2. The average Bonchev–Trinajstić information content (AvgIpc) is 4.02. The van der Waals surface area contributed by atoms with E-state index in [4.69, 9.17) is 18.9 Å². The molecule has 4 aromatic rings. The molecule has 0 fully saturated rings. The minimum absolute atomic E-state index is 0.000427. The zero-order valence-corrected chi connectivity index (χ0v) is 41.4. The van der Waals surface area contributed by atoms with Gasteiger partial charge in [0.25, 0.3) is 23.6 Å². The summed E-state index contributed by atoms with van der Waals surface area (Å²) in [6.45, 7) is 3.46. The van der Waals surface area contributed by atoms with E-state index in [1.165, 1.54) is 52.7 Å². The topological polar surface area (TPSA) is 176 Å². The van der Waals surface area contributed by atoms with Crippen LogP contribution in [0.25, 0.3) is 0 Å². The molecule has 16 nitrogen and oxygen atoms in total. The molecule has 2 N–H and O–H groups in total. The van der Waals surface area contributed by atoms with Gasteiger partial charge in [0, 0.05) is 107 Å². The molecular formula is C54H64F2N6O10. The van der Waals surface area contributed by atoms with Gasteiger partial charge in [0.1, 0.15) is 11.6 Å². The number of carbonyl (C=O) groups is 6. The molecule has 0 saturated carbocycles. The summed E-state index contributed by atoms with van der Waals surface area (Å²) in [6.07, 6.45) is 4.17. The summed E-state index contributed by atoms with van der Waals surface area (Å²) in [7, 11) is 6.14. The summed E-state index contributed by atoms with van der Waals surface area (Å²) in [5.41, 5.74) is 5.28. The number of ether oxygens (including phenoxy) is 4. The van der Waals surface area contributed by atoms with E-state index in [1.807, 2.05) is 0 Å². The molecular weight excluding hydrogens is 931 g/mol. The minimum atomic E-state index is -0.461. The summed E-state index contributed by atoms with van der Waals surface area (Å²) < 4.78 is 47.9. The fraction of sp³-hybridized carbons (Fsp3) is 0.407. The zero-order valence-electron chi connectivity index (χ0n) is 41.4. The number of fused-ring (bicyclic) bond motifs is 2. The Morgan fingerprint density at radius 1 is 0.500 bits per heavy atom. The molecule has 0 unspecified atom stereocenters. The van der Waals surface area contributed by atoms with E-state index in [-0.39, 0.29) is 162 Å². The van der Waals surface area contributed by atoms with E-state index >= 15 is 0 Å². The van der Waals surface area contributed by atoms with Crippen LogP contribution < -0.4 is 10.6 Å². The fourth-order valence-electron chi connectivity index (χ4n) is 8.52. The molecule has 2 aliphatic rings. The van der Waals surface area contributed by atoms with Crippen LogP contribution in [0.1, 0.15) is 87.7 Å². The number of hydrogen-bond donors (Lipinski definition) is 2. The van der Waals surface area contributed by atoms with E-state index in [2.05, 4.69) is 10.6 Å². The predicted octanol–water partition coefficient (Wildman–Crippen LogP) is 5.10. The standard InChI is InChI=1S/C54H64F2N6O10/c1-69-25-21-59(22-26-70-2)53(67)47-31-41-35-61(33-39(41)29-45(47)51(65)57-19-17-37-9-13-43(55)14-10-37)49(63)7-5-6-8-50(64)62-34-40-30-46(52(66)58-20-18-38-11-15-44(56)16-12-38)48(32-42(40)36-62)54(68)60(23-27-71-3)24-28-72-4/h5-6,9-16,29-32H,7-8,17-28,33-36H2,1-4H3,(H,57,65)(H,58,66)/b6-5+. The third kappa shape index (κ3) is 14.8. The van der Waals surface area contributed by atoms with Crippen molar-refractivity contribution in [3.63, 3.8) is 0 Å². The molecule has 4 aromatic carbocycles. The van der Waals surface area contributed by atoms with Gasteiger partial charge in [0.2, 0.25) is 11.8 Å². The first-order valence-corrected chi connectivity index (χ1v) is 24.0. The lowest BCUT2D eigenvalue weighted by Gasteiger charge is -2.23. The molecule has 0 bridgehead atoms. The van der Waals surface area contributed by atoms with Gasteiger partial charge in [-0.15, -0.1) is 0 Å². The second-order valence-corrected chi connectivity index (χ2v) is 17.5. The van der Waals surface area contributed by atoms with E-state index < -0.39 is 11.8 Å². The molecule has 18 heteroatoms. The van der Waals surface area contributed by atoms with Crippen LogP contribution in [-0.4, -0.2) is 149 Å². The molecule has 6 rings (SSSR count). The monoisotopic (exact) mass is 994 g/mol. The van der Waals surface area contributed by atoms with E-state index in [1.54, 1.807) is 80.3 Å². The van der Waals surface area contributed by atoms with Crippen molar-refractivity contribution >= 4 is 35.4 Å². The molecule has 0 aliphatic carbocycles. The first kappa shape index (κ1) is 54.5. The summed E-state index contributed by atoms with van der Waals surface area (Å²) in [4.78, 5) is 89.3. The van der Waals surface area contributed by atoms with Gasteiger partial charge in [0.15, 0.2) is 0 Å². The van der Waals surface area contributed by atoms with Crippen molar-refractivity contribution in [1.29, 1.82) is 0 Å². The van der Waals surface area contributed by atoms with Crippen molar-refractivity contribution in [1.82, 2.24) is 30.2 Å². The summed E-state index contributed by atoms with van der Waals surface area (Å²) in [5.74, 6) is -2.83. The number of nitrogens with zero attached hydrogens (tertiary/aromatic N) is 4. The Hall–Kier alpha value is -6.86. The number of amides is 6. The highest BCUT2D eigenvalue weighted by Gasteiger charge is 2.31. The van der Waals surface area contributed by atoms with Gasteiger partial charge in [-0.2, -0.15) is 0 Å². The van der Waals surface area contributed by atoms with Gasteiger partial charge >= 0.3 is 0 Å². The number of nitrogens with one attached hydrogen (secondary N) is 2. The third-order valence-corrected chi connectivity index (χ3v) is 12.6. The highest BCUT2D eigenvalue weighted by molar-refractivity contribution is 6.08. The zero-order chi connectivity index (χ0) is 51.6. The number of halogens is 2. The lowest BCUT2D eigenvalue weighted by molar-refractivity contribution is -0.131. The lowest BCUT2D eigenvalue weighted by Crippen LogP contribution is -2.38. The minimum Gasteiger partial charge on any atom is -0.383 e. The van der Waals surface area contributed by atoms with Crippen molar-refractivity contribution in [2.45, 2.75) is 51.9 Å². The number of hydrogen-bond acceptors (Lipinski definition) is 10. The van der Waals surface area contributed by atoms with Crippen molar-refractivity contribution in [3.05, 3.63) is 152 Å². The fourth-order valence-corrected chi connectivity index (χ4v) is 8.52. The van der Waals surface area contributed by atoms with Gasteiger partial charge in [-0.05, 0) is 94.8 Å². The van der Waals surface area contributed by atoms with Gasteiger partial charge in [-0.1, -0.05) is 36.4 Å². The number of carbonyl (C=O) groups excluding carboxylic acids is 6. The Bertz CT molecular complexity index is 2380. The molecule has 0 aromatic heterocycles. The first-order valence-electron chi connectivity index (χ1n) is 24.0. The van der Waals surface area contributed by atoms with Crippen LogP contribution in [0.15, 0.2) is 84.9 Å². The van der Waals surface area contributed by atoms with E-state index in [9.17, 15) is 37.5 Å². The highest BCUT2D eigenvalue weighted by atomic mass is 19.1. The summed E-state index contributed by atoms with van der Waals surface area (Å²) in [5, 5.41) is 5.80. The normalized spacial score (nSPS) is 12.8. The third-order valence-electron chi connectivity index (χ3n) is 12.6. The van der Waals surface area contributed by atoms with Crippen LogP contribution in [0.4, 0.5) is 8.78 Å². The molecule has 0 atom stereocenters. The van der Waals surface area contributed by atoms with E-state index in [0.717, 1.165) is 33.4 Å². The number of rotatable bonds is 26. The average molecular weight is 995 g/mol. The van der Waals surface area contributed by atoms with Crippen LogP contribution in [0.3, 0.4) is 0 Å². The largest absolute Gasteiger partial charge is 0.383 e. The van der Waals surface area contributed by atoms with Crippen LogP contribution in [0.5, 0.6) is 0 Å². The molecule has 2 heterocycles. The Balaban J connectivity index is 1.10. The van der Waals surface area contributed by atoms with Crippen molar-refractivity contribution < 1.29 is 56.5 Å². The number of benzene rings is 4. The molecule has 72 heavy (non-hydrogen) atoms. The maximum Gasteiger partial charge on any atom is 0.254 e. The molecule has 0 radical (unpaired) electrons. The Labute approximate surface area is 419 Å². The predicted molar refractivity (Wildman–Crippen MR) is 264 cm³/mol. The van der Waals surface area contributed by atoms with Gasteiger partial charge in [-0.25, -0.2) is 8.78 Å². The molecule has 0 spiro atoms. The Morgan fingerprint density at radius 2 is 0.806 bits per heavy atom. The molecule has 2 aliphatic heterocycles. The lowest BCUT2D eigenvalue weighted by atomic mass is 9.98. The summed E-state index contributed by atoms with van der Waals surface area (Å²) in [6, 6.07) is 18.7. The van der Waals surface area contributed by atoms with Crippen LogP contribution in [0.2, 0.25) is 0 Å². The van der Waals surface area contributed by atoms with Crippen molar-refractivity contribution in [2.24, 2.45) is 0 Å². The molecule has 0 saturated heterocycles. The molecule has 6 amide bonds. The van der Waals surface area contributed by atoms with Crippen LogP contribution in [-0.2, 0) is 67.6 Å². The van der Waals surface area contributed by atoms with Crippen LogP contribution >= 0.6 is 0 Å². The maximum atomic E-state index is 14.1. The van der Waals surface area contributed by atoms with E-state index in [0.29, 0.717) is 12.8 Å². The van der Waals surface area contributed by atoms with Crippen LogP contribution in [0, 0.1) is 11.6 Å². The van der Waals surface area contributed by atoms with Gasteiger partial charge in [0.05, 0.1) is 48.7 Å². The summed E-state index contributed by atoms with van der Waals surface area (Å²) >= 11 is 0. The number of methoxy groups -OCH3 is 4. The van der Waals surface area contributed by atoms with Gasteiger partial charge in [-0.3, -0.25) is 28.8 Å². The Morgan fingerprint density at radius 3 is 1.11 bits per heavy atom. The van der Waals surface area contributed by atoms with Gasteiger partial charge < -0.3 is 49.2 Å². The Kier molecular flexibility index (Phi) is 20.5. The quantitative estimate of drug-likeness (QED) is 0.0806. The first-order chi connectivity index (χ1) is 34.8. The second-order valence-electron chi connectivity index (χ2n) is 17.5. The maximum absolute atomic E-state index is 14.1.